The van der Waals surface area contributed by atoms with Crippen molar-refractivity contribution in [2.24, 2.45) is 0 Å². The third-order valence-electron chi connectivity index (χ3n) is 6.66. The van der Waals surface area contributed by atoms with Gasteiger partial charge in [-0.1, -0.05) is 6.07 Å². The fraction of sp³-hybridized carbons (Fsp3) is 0.208. The molecule has 5 aromatic rings. The number of piperidine rings is 1. The molecule has 1 fully saturated rings. The van der Waals surface area contributed by atoms with Gasteiger partial charge in [-0.25, -0.2) is 14.4 Å². The first-order valence-electron chi connectivity index (χ1n) is 10.8. The number of benzene rings is 2. The number of fused-ring (bicyclic) bond motifs is 4. The van der Waals surface area contributed by atoms with Gasteiger partial charge in [-0.05, 0) is 43.0 Å². The maximum Gasteiger partial charge on any atom is 0.210 e. The third kappa shape index (κ3) is 2.78. The van der Waals surface area contributed by atoms with Crippen molar-refractivity contribution in [1.82, 2.24) is 29.2 Å². The van der Waals surface area contributed by atoms with Crippen LogP contribution < -0.4 is 5.73 Å². The Morgan fingerprint density at radius 1 is 1.03 bits per heavy atom. The lowest BCUT2D eigenvalue weighted by molar-refractivity contribution is -0.124. The van der Waals surface area contributed by atoms with Crippen molar-refractivity contribution in [3.05, 3.63) is 72.2 Å². The summed E-state index contributed by atoms with van der Waals surface area (Å²) in [5, 5.41) is 0. The van der Waals surface area contributed by atoms with Crippen LogP contribution in [-0.4, -0.2) is 42.2 Å². The summed E-state index contributed by atoms with van der Waals surface area (Å²) in [5.74, 6) is -0.163. The number of aromatic nitrogens is 5. The lowest BCUT2D eigenvalue weighted by Crippen LogP contribution is -2.50. The zero-order chi connectivity index (χ0) is 22.6. The molecule has 1 unspecified atom stereocenters. The molecule has 2 N–H and O–H groups in total. The predicted molar refractivity (Wildman–Crippen MR) is 122 cm³/mol. The SMILES string of the molecule is Nc1nc2cc(F)c(C3(c4ccc5nccnc5c4)CCCCN3C=O)cc2n2cncc12. The summed E-state index contributed by atoms with van der Waals surface area (Å²) in [6.45, 7) is 0.528. The molecule has 0 bridgehead atoms. The number of nitrogen functional groups attached to an aromatic ring is 1. The summed E-state index contributed by atoms with van der Waals surface area (Å²) >= 11 is 0. The van der Waals surface area contributed by atoms with Crippen LogP contribution in [-0.2, 0) is 10.3 Å². The topological polar surface area (TPSA) is 102 Å². The first-order chi connectivity index (χ1) is 16.1. The number of carbonyl (C=O) groups is 1. The second kappa shape index (κ2) is 7.19. The van der Waals surface area contributed by atoms with Crippen molar-refractivity contribution < 1.29 is 9.18 Å². The van der Waals surface area contributed by atoms with Crippen LogP contribution in [0.1, 0.15) is 30.4 Å². The van der Waals surface area contributed by atoms with E-state index in [1.165, 1.54) is 6.07 Å². The highest BCUT2D eigenvalue weighted by Gasteiger charge is 2.44. The van der Waals surface area contributed by atoms with E-state index < -0.39 is 11.4 Å². The molecule has 164 valence electrons. The van der Waals surface area contributed by atoms with E-state index in [9.17, 15) is 4.79 Å². The number of nitrogens with two attached hydrogens (primary N) is 1. The van der Waals surface area contributed by atoms with Gasteiger partial charge in [0, 0.05) is 30.6 Å². The molecule has 1 saturated heterocycles. The molecule has 9 heteroatoms. The zero-order valence-corrected chi connectivity index (χ0v) is 17.6. The summed E-state index contributed by atoms with van der Waals surface area (Å²) in [4.78, 5) is 31.3. The summed E-state index contributed by atoms with van der Waals surface area (Å²) < 4.78 is 17.6. The van der Waals surface area contributed by atoms with Crippen LogP contribution in [0.4, 0.5) is 10.2 Å². The Morgan fingerprint density at radius 2 is 1.88 bits per heavy atom. The molecule has 1 aliphatic rings. The molecule has 33 heavy (non-hydrogen) atoms. The molecule has 0 aliphatic carbocycles. The van der Waals surface area contributed by atoms with E-state index in [0.717, 1.165) is 30.3 Å². The Labute approximate surface area is 187 Å². The van der Waals surface area contributed by atoms with Crippen LogP contribution >= 0.6 is 0 Å². The molecule has 0 radical (unpaired) electrons. The standard InChI is InChI=1S/C24H20FN7O/c25-17-11-20-21(32-13-27-12-22(32)23(26)30-20)10-16(17)24(5-1-2-8-31(24)14-33)15-3-4-18-19(9-15)29-7-6-28-18/h3-4,6-7,9-14H,1-2,5,8H2,(H2,26,30). The summed E-state index contributed by atoms with van der Waals surface area (Å²) in [6, 6.07) is 8.85. The van der Waals surface area contributed by atoms with E-state index in [-0.39, 0.29) is 5.82 Å². The molecular formula is C24H20FN7O. The van der Waals surface area contributed by atoms with Crippen LogP contribution in [0.3, 0.4) is 0 Å². The number of imidazole rings is 1. The Morgan fingerprint density at radius 3 is 2.73 bits per heavy atom. The van der Waals surface area contributed by atoms with Crippen molar-refractivity contribution >= 4 is 39.8 Å². The molecule has 1 aliphatic heterocycles. The van der Waals surface area contributed by atoms with Crippen molar-refractivity contribution in [3.8, 4) is 0 Å². The number of amides is 1. The van der Waals surface area contributed by atoms with Gasteiger partial charge in [0.15, 0.2) is 0 Å². The Hall–Kier alpha value is -4.14. The lowest BCUT2D eigenvalue weighted by atomic mass is 9.75. The summed E-state index contributed by atoms with van der Waals surface area (Å²) in [5.41, 5.74) is 9.44. The first kappa shape index (κ1) is 19.5. The number of rotatable bonds is 3. The molecule has 0 spiro atoms. The van der Waals surface area contributed by atoms with E-state index >= 15 is 4.39 Å². The molecule has 4 heterocycles. The van der Waals surface area contributed by atoms with Crippen LogP contribution in [0.5, 0.6) is 0 Å². The minimum absolute atomic E-state index is 0.280. The smallest absolute Gasteiger partial charge is 0.210 e. The number of halogens is 1. The predicted octanol–water partition coefficient (Wildman–Crippen LogP) is 3.43. The molecule has 0 saturated carbocycles. The van der Waals surface area contributed by atoms with Crippen molar-refractivity contribution in [2.45, 2.75) is 24.8 Å². The van der Waals surface area contributed by atoms with Gasteiger partial charge in [-0.3, -0.25) is 19.2 Å². The first-order valence-corrected chi connectivity index (χ1v) is 10.8. The Kier molecular flexibility index (Phi) is 4.26. The van der Waals surface area contributed by atoms with Crippen LogP contribution in [0.25, 0.3) is 27.6 Å². The van der Waals surface area contributed by atoms with Gasteiger partial charge in [0.05, 0.1) is 40.1 Å². The second-order valence-corrected chi connectivity index (χ2v) is 8.34. The average molecular weight is 441 g/mol. The minimum atomic E-state index is -0.988. The number of carbonyl (C=O) groups excluding carboxylic acids is 1. The molecule has 3 aromatic heterocycles. The Balaban J connectivity index is 1.68. The van der Waals surface area contributed by atoms with E-state index in [2.05, 4.69) is 19.9 Å². The Bertz CT molecular complexity index is 1550. The second-order valence-electron chi connectivity index (χ2n) is 8.34. The lowest BCUT2D eigenvalue weighted by Gasteiger charge is -2.46. The van der Waals surface area contributed by atoms with Gasteiger partial charge < -0.3 is 10.6 Å². The molecular weight excluding hydrogens is 421 g/mol. The molecule has 2 aromatic carbocycles. The van der Waals surface area contributed by atoms with E-state index in [0.29, 0.717) is 40.6 Å². The van der Waals surface area contributed by atoms with Gasteiger partial charge in [-0.15, -0.1) is 0 Å². The van der Waals surface area contributed by atoms with Crippen LogP contribution in [0.15, 0.2) is 55.2 Å². The zero-order valence-electron chi connectivity index (χ0n) is 17.6. The van der Waals surface area contributed by atoms with Gasteiger partial charge in [0.25, 0.3) is 0 Å². The van der Waals surface area contributed by atoms with E-state index in [1.807, 2.05) is 18.2 Å². The van der Waals surface area contributed by atoms with Crippen LogP contribution in [0, 0.1) is 5.82 Å². The van der Waals surface area contributed by atoms with Gasteiger partial charge in [0.1, 0.15) is 17.2 Å². The number of anilines is 1. The highest BCUT2D eigenvalue weighted by Crippen LogP contribution is 2.45. The molecule has 1 atom stereocenters. The third-order valence-corrected chi connectivity index (χ3v) is 6.66. The monoisotopic (exact) mass is 441 g/mol. The van der Waals surface area contributed by atoms with Gasteiger partial charge in [0.2, 0.25) is 6.41 Å². The van der Waals surface area contributed by atoms with E-state index in [1.54, 1.807) is 40.3 Å². The summed E-state index contributed by atoms with van der Waals surface area (Å²) in [6.07, 6.45) is 9.61. The van der Waals surface area contributed by atoms with Gasteiger partial charge >= 0.3 is 0 Å². The maximum absolute atomic E-state index is 15.8. The largest absolute Gasteiger partial charge is 0.382 e. The number of nitrogens with zero attached hydrogens (tertiary/aromatic N) is 6. The quantitative estimate of drug-likeness (QED) is 0.431. The van der Waals surface area contributed by atoms with Crippen molar-refractivity contribution in [3.63, 3.8) is 0 Å². The minimum Gasteiger partial charge on any atom is -0.382 e. The van der Waals surface area contributed by atoms with Crippen LogP contribution in [0.2, 0.25) is 0 Å². The number of hydrogen-bond donors (Lipinski definition) is 1. The normalized spacial score (nSPS) is 18.9. The summed E-state index contributed by atoms with van der Waals surface area (Å²) in [7, 11) is 0. The number of likely N-dealkylation sites (tertiary alicyclic amines) is 1. The van der Waals surface area contributed by atoms with E-state index in [4.69, 9.17) is 5.73 Å². The maximum atomic E-state index is 15.8. The highest BCUT2D eigenvalue weighted by molar-refractivity contribution is 5.84. The molecule has 6 rings (SSSR count). The number of hydrogen-bond acceptors (Lipinski definition) is 6. The highest BCUT2D eigenvalue weighted by atomic mass is 19.1. The van der Waals surface area contributed by atoms with Gasteiger partial charge in [-0.2, -0.15) is 0 Å². The van der Waals surface area contributed by atoms with Crippen molar-refractivity contribution in [1.29, 1.82) is 0 Å². The fourth-order valence-corrected chi connectivity index (χ4v) is 5.13. The fourth-order valence-electron chi connectivity index (χ4n) is 5.13. The molecule has 1 amide bonds. The molecule has 8 nitrogen and oxygen atoms in total. The average Bonchev–Trinajstić information content (AvgIpc) is 3.34. The van der Waals surface area contributed by atoms with Crippen molar-refractivity contribution in [2.75, 3.05) is 12.3 Å².